The molecule has 0 saturated heterocycles. The highest BCUT2D eigenvalue weighted by atomic mass is 16.3. The zero-order valence-electron chi connectivity index (χ0n) is 52.2. The summed E-state index contributed by atoms with van der Waals surface area (Å²) in [5.41, 5.74) is 31.2. The molecule has 20 rings (SSSR count). The fourth-order valence-electron chi connectivity index (χ4n) is 16.7. The van der Waals surface area contributed by atoms with Crippen LogP contribution in [-0.4, -0.2) is 6.71 Å². The smallest absolute Gasteiger partial charge is 0.252 e. The first-order valence-electron chi connectivity index (χ1n) is 33.2. The van der Waals surface area contributed by atoms with Crippen LogP contribution >= 0.6 is 0 Å². The number of furan rings is 2. The van der Waals surface area contributed by atoms with Gasteiger partial charge in [0.25, 0.3) is 6.71 Å². The van der Waals surface area contributed by atoms with E-state index in [4.69, 9.17) is 8.83 Å². The van der Waals surface area contributed by atoms with Gasteiger partial charge in [-0.15, -0.1) is 0 Å². The van der Waals surface area contributed by atoms with Gasteiger partial charge in [0.1, 0.15) is 22.3 Å². The number of hydrogen-bond donors (Lipinski definition) is 0. The second-order valence-electron chi connectivity index (χ2n) is 25.7. The van der Waals surface area contributed by atoms with Crippen LogP contribution < -0.4 is 26.2 Å². The molecule has 446 valence electrons. The van der Waals surface area contributed by atoms with Crippen LogP contribution in [0.2, 0.25) is 0 Å². The van der Waals surface area contributed by atoms with Gasteiger partial charge < -0.3 is 18.6 Å². The van der Waals surface area contributed by atoms with Crippen LogP contribution in [0.15, 0.2) is 355 Å². The van der Waals surface area contributed by atoms with E-state index in [9.17, 15) is 0 Å². The largest absolute Gasteiger partial charge is 0.456 e. The van der Waals surface area contributed by atoms with Crippen LogP contribution in [0.4, 0.5) is 34.1 Å². The molecule has 1 aliphatic carbocycles. The van der Waals surface area contributed by atoms with Gasteiger partial charge >= 0.3 is 0 Å². The van der Waals surface area contributed by atoms with Gasteiger partial charge in [0, 0.05) is 66.5 Å². The first kappa shape index (κ1) is 54.2. The topological polar surface area (TPSA) is 32.8 Å². The maximum Gasteiger partial charge on any atom is 0.252 e. The fraction of sp³-hybridized carbons (Fsp3) is 0.0110. The van der Waals surface area contributed by atoms with Gasteiger partial charge in [-0.3, -0.25) is 0 Å². The molecule has 0 fully saturated rings. The molecule has 15 aromatic carbocycles. The third-order valence-corrected chi connectivity index (χ3v) is 20.7. The third kappa shape index (κ3) is 7.98. The summed E-state index contributed by atoms with van der Waals surface area (Å²) in [5.74, 6) is 0. The van der Waals surface area contributed by atoms with E-state index in [0.717, 1.165) is 145 Å². The van der Waals surface area contributed by atoms with Crippen LogP contribution in [-0.2, 0) is 5.41 Å². The molecule has 0 N–H and O–H groups in total. The summed E-state index contributed by atoms with van der Waals surface area (Å²) in [6, 6.07) is 128. The maximum absolute atomic E-state index is 7.06. The van der Waals surface area contributed by atoms with E-state index in [0.29, 0.717) is 0 Å². The zero-order valence-corrected chi connectivity index (χ0v) is 52.2. The predicted octanol–water partition coefficient (Wildman–Crippen LogP) is 22.3. The average molecular weight is 1220 g/mol. The minimum absolute atomic E-state index is 0.330. The Labute approximate surface area is 556 Å². The Hall–Kier alpha value is -12.4. The van der Waals surface area contributed by atoms with Crippen molar-refractivity contribution in [2.75, 3.05) is 9.80 Å². The maximum atomic E-state index is 7.06. The van der Waals surface area contributed by atoms with Crippen LogP contribution in [0.25, 0.3) is 111 Å². The summed E-state index contributed by atoms with van der Waals surface area (Å²) in [6.07, 6.45) is 0. The summed E-state index contributed by atoms with van der Waals surface area (Å²) >= 11 is 0. The number of hydrogen-bond acceptors (Lipinski definition) is 4. The lowest BCUT2D eigenvalue weighted by molar-refractivity contribution is 0.669. The average Bonchev–Trinajstić information content (AvgIpc) is 0.810. The van der Waals surface area contributed by atoms with Crippen molar-refractivity contribution in [3.05, 3.63) is 368 Å². The van der Waals surface area contributed by atoms with Gasteiger partial charge in [-0.1, -0.05) is 291 Å². The van der Waals surface area contributed by atoms with Crippen molar-refractivity contribution < 1.29 is 8.83 Å². The zero-order chi connectivity index (χ0) is 63.0. The van der Waals surface area contributed by atoms with Gasteiger partial charge in [-0.05, 0) is 138 Å². The number of anilines is 6. The van der Waals surface area contributed by atoms with E-state index in [1.165, 1.54) is 38.8 Å². The van der Waals surface area contributed by atoms with E-state index >= 15 is 0 Å². The van der Waals surface area contributed by atoms with Crippen LogP contribution in [0.5, 0.6) is 0 Å². The third-order valence-electron chi connectivity index (χ3n) is 20.7. The number of nitrogens with zero attached hydrogens (tertiary/aromatic N) is 2. The minimum Gasteiger partial charge on any atom is -0.456 e. The van der Waals surface area contributed by atoms with Gasteiger partial charge in [-0.25, -0.2) is 0 Å². The molecular weight excluding hydrogens is 1160 g/mol. The highest BCUT2D eigenvalue weighted by Crippen LogP contribution is 2.59. The van der Waals surface area contributed by atoms with Crippen LogP contribution in [0.1, 0.15) is 22.3 Å². The van der Waals surface area contributed by atoms with Crippen molar-refractivity contribution in [3.8, 4) is 66.8 Å². The molecule has 0 saturated carbocycles. The summed E-state index contributed by atoms with van der Waals surface area (Å²) < 4.78 is 14.1. The van der Waals surface area contributed by atoms with E-state index in [-0.39, 0.29) is 6.71 Å². The lowest BCUT2D eigenvalue weighted by atomic mass is 9.33. The molecule has 17 aromatic rings. The molecule has 3 aliphatic rings. The van der Waals surface area contributed by atoms with E-state index in [1.54, 1.807) is 0 Å². The Kier molecular flexibility index (Phi) is 12.0. The van der Waals surface area contributed by atoms with Crippen molar-refractivity contribution in [2.24, 2.45) is 0 Å². The van der Waals surface area contributed by atoms with Crippen molar-refractivity contribution in [1.82, 2.24) is 0 Å². The van der Waals surface area contributed by atoms with Crippen LogP contribution in [0, 0.1) is 0 Å². The first-order chi connectivity index (χ1) is 47.6. The molecule has 0 atom stereocenters. The molecule has 2 aromatic heterocycles. The van der Waals surface area contributed by atoms with Gasteiger partial charge in [0.15, 0.2) is 0 Å². The molecule has 4 nitrogen and oxygen atoms in total. The number of fused-ring (bicyclic) bond motifs is 13. The Morgan fingerprint density at radius 1 is 0.240 bits per heavy atom. The monoisotopic (exact) mass is 1220 g/mol. The molecule has 5 heteroatoms. The fourth-order valence-corrected chi connectivity index (χ4v) is 16.7. The molecule has 4 heterocycles. The second kappa shape index (κ2) is 21.3. The quantitative estimate of drug-likeness (QED) is 0.135. The normalized spacial score (nSPS) is 13.2. The van der Waals surface area contributed by atoms with Crippen molar-refractivity contribution in [3.63, 3.8) is 0 Å². The number of rotatable bonds is 9. The molecule has 96 heavy (non-hydrogen) atoms. The first-order valence-corrected chi connectivity index (χ1v) is 33.2. The highest BCUT2D eigenvalue weighted by molar-refractivity contribution is 7.00. The molecular formula is C91H57BN2O2. The SMILES string of the molecule is c1ccc(-c2cccc(-c3ccccc3)c2N2c3cc4c(cc3B3c5cc6oc7ccccc7c6cc5N(c5c(-c6ccccc6)cccc5-c5ccccc5)c5cc(-c6ccc7c(c6)C(c6ccccc6)(c6ccccc6)c6ccccc6-7)cc2c53)oc2ccccc24)cc1. The van der Waals surface area contributed by atoms with E-state index < -0.39 is 5.41 Å². The lowest BCUT2D eigenvalue weighted by Gasteiger charge is -2.46. The van der Waals surface area contributed by atoms with Crippen molar-refractivity contribution >= 4 is 101 Å². The molecule has 0 radical (unpaired) electrons. The molecule has 0 bridgehead atoms. The summed E-state index contributed by atoms with van der Waals surface area (Å²) in [4.78, 5) is 5.29. The highest BCUT2D eigenvalue weighted by Gasteiger charge is 2.49. The predicted molar refractivity (Wildman–Crippen MR) is 400 cm³/mol. The van der Waals surface area contributed by atoms with Crippen molar-refractivity contribution in [1.29, 1.82) is 0 Å². The van der Waals surface area contributed by atoms with Crippen molar-refractivity contribution in [2.45, 2.75) is 5.41 Å². The van der Waals surface area contributed by atoms with E-state index in [2.05, 4.69) is 356 Å². The second-order valence-corrected chi connectivity index (χ2v) is 25.7. The van der Waals surface area contributed by atoms with Gasteiger partial charge in [0.05, 0.1) is 16.8 Å². The van der Waals surface area contributed by atoms with Crippen LogP contribution in [0.3, 0.4) is 0 Å². The van der Waals surface area contributed by atoms with Gasteiger partial charge in [-0.2, -0.15) is 0 Å². The lowest BCUT2D eigenvalue weighted by Crippen LogP contribution is -2.61. The Morgan fingerprint density at radius 2 is 0.615 bits per heavy atom. The Balaban J connectivity index is 0.981. The summed E-state index contributed by atoms with van der Waals surface area (Å²) in [7, 11) is 0. The molecule has 0 spiro atoms. The molecule has 0 amide bonds. The number of benzene rings is 15. The summed E-state index contributed by atoms with van der Waals surface area (Å²) in [5, 5.41) is 4.25. The van der Waals surface area contributed by atoms with Gasteiger partial charge in [0.2, 0.25) is 0 Å². The Morgan fingerprint density at radius 3 is 1.06 bits per heavy atom. The summed E-state index contributed by atoms with van der Waals surface area (Å²) in [6.45, 7) is -0.330. The van der Waals surface area contributed by atoms with E-state index in [1.807, 2.05) is 0 Å². The Bertz CT molecular complexity index is 5540. The standard InChI is InChI=1S/C91H57BN2O2/c1-7-27-58(28-8-1)66-42-25-43-67(59-29-9-2-10-30-59)89(66)93-80-54-74-72-40-20-23-47-84(72)95-86(74)56-78(80)92-79-57-87-75(73-41-21-24-48-85(73)96-87)55-81(79)94(90-68(60-31-11-3-12-32-60)44-26-45-69(90)61-33-13-4-14-34-61)83-53-63(52-82(93)88(83)92)62-49-50-71-70-39-19-22-46-76(70)91(77(71)51-62,64-35-15-5-16-36-64)65-37-17-6-18-38-65/h1-57H. The molecule has 2 aliphatic heterocycles. The number of para-hydroxylation sites is 4. The molecule has 0 unspecified atom stereocenters. The minimum atomic E-state index is -0.635.